The third kappa shape index (κ3) is 2.91. The number of carboxylic acids is 2. The van der Waals surface area contributed by atoms with E-state index in [0.717, 1.165) is 5.56 Å². The van der Waals surface area contributed by atoms with Gasteiger partial charge in [-0.3, -0.25) is 9.59 Å². The van der Waals surface area contributed by atoms with Crippen molar-refractivity contribution < 1.29 is 19.8 Å². The van der Waals surface area contributed by atoms with E-state index in [4.69, 9.17) is 5.11 Å². The first-order valence-corrected chi connectivity index (χ1v) is 5.97. The van der Waals surface area contributed by atoms with Crippen LogP contribution in [-0.4, -0.2) is 22.2 Å². The van der Waals surface area contributed by atoms with Gasteiger partial charge in [-0.15, -0.1) is 0 Å². The molecule has 4 nitrogen and oxygen atoms in total. The molecule has 0 radical (unpaired) electrons. The molecule has 0 amide bonds. The smallest absolute Gasteiger partial charge is 0.311 e. The highest BCUT2D eigenvalue weighted by atomic mass is 16.4. The maximum absolute atomic E-state index is 11.3. The Balaban J connectivity index is 2.39. The Morgan fingerprint density at radius 3 is 2.37 bits per heavy atom. The molecule has 0 aromatic heterocycles. The normalized spacial score (nSPS) is 24.3. The van der Waals surface area contributed by atoms with E-state index in [2.05, 4.69) is 0 Å². The van der Waals surface area contributed by atoms with Gasteiger partial charge < -0.3 is 10.2 Å². The largest absolute Gasteiger partial charge is 0.481 e. The summed E-state index contributed by atoms with van der Waals surface area (Å²) in [5, 5.41) is 18.4. The maximum atomic E-state index is 11.3. The van der Waals surface area contributed by atoms with Crippen LogP contribution in [0.2, 0.25) is 0 Å². The van der Waals surface area contributed by atoms with Crippen molar-refractivity contribution in [2.24, 2.45) is 11.8 Å². The quantitative estimate of drug-likeness (QED) is 0.816. The maximum Gasteiger partial charge on any atom is 0.311 e. The van der Waals surface area contributed by atoms with Crippen molar-refractivity contribution in [3.63, 3.8) is 0 Å². The first kappa shape index (κ1) is 13.1. The lowest BCUT2D eigenvalue weighted by Crippen LogP contribution is -2.31. The Kier molecular flexibility index (Phi) is 3.80. The molecule has 2 atom stereocenters. The molecular formula is C15H14O4. The molecule has 0 fully saturated rings. The van der Waals surface area contributed by atoms with Crippen LogP contribution in [-0.2, 0) is 9.59 Å². The molecule has 0 aliphatic heterocycles. The second-order valence-electron chi connectivity index (χ2n) is 4.44. The SMILES string of the molecule is O=C(O)C1C=CCC(=Cc2ccccc2)C1C(=O)O. The minimum atomic E-state index is -1.11. The highest BCUT2D eigenvalue weighted by Gasteiger charge is 2.36. The fourth-order valence-corrected chi connectivity index (χ4v) is 2.27. The van der Waals surface area contributed by atoms with Crippen molar-refractivity contribution in [2.75, 3.05) is 0 Å². The first-order valence-electron chi connectivity index (χ1n) is 5.97. The van der Waals surface area contributed by atoms with Gasteiger partial charge in [0.15, 0.2) is 0 Å². The van der Waals surface area contributed by atoms with E-state index < -0.39 is 23.8 Å². The number of carbonyl (C=O) groups is 2. The Morgan fingerprint density at radius 1 is 1.11 bits per heavy atom. The summed E-state index contributed by atoms with van der Waals surface area (Å²) in [5.74, 6) is -4.20. The zero-order valence-electron chi connectivity index (χ0n) is 10.2. The van der Waals surface area contributed by atoms with Gasteiger partial charge in [-0.25, -0.2) is 0 Å². The molecular weight excluding hydrogens is 244 g/mol. The molecule has 98 valence electrons. The molecule has 0 bridgehead atoms. The van der Waals surface area contributed by atoms with Crippen molar-refractivity contribution in [1.29, 1.82) is 0 Å². The molecule has 1 aromatic rings. The monoisotopic (exact) mass is 258 g/mol. The number of allylic oxidation sites excluding steroid dienone is 1. The van der Waals surface area contributed by atoms with Crippen LogP contribution in [0.4, 0.5) is 0 Å². The predicted octanol–water partition coefficient (Wildman–Crippen LogP) is 2.43. The fourth-order valence-electron chi connectivity index (χ4n) is 2.27. The molecule has 1 aliphatic rings. The summed E-state index contributed by atoms with van der Waals surface area (Å²) in [4.78, 5) is 22.5. The van der Waals surface area contributed by atoms with Crippen LogP contribution in [0.3, 0.4) is 0 Å². The summed E-state index contributed by atoms with van der Waals surface area (Å²) in [7, 11) is 0. The average molecular weight is 258 g/mol. The lowest BCUT2D eigenvalue weighted by atomic mass is 9.79. The Morgan fingerprint density at radius 2 is 1.79 bits per heavy atom. The van der Waals surface area contributed by atoms with E-state index in [9.17, 15) is 14.7 Å². The molecule has 1 aliphatic carbocycles. The number of hydrogen-bond donors (Lipinski definition) is 2. The Hall–Kier alpha value is -2.36. The average Bonchev–Trinajstić information content (AvgIpc) is 2.39. The van der Waals surface area contributed by atoms with Crippen LogP contribution in [0.15, 0.2) is 48.1 Å². The van der Waals surface area contributed by atoms with Gasteiger partial charge >= 0.3 is 11.9 Å². The highest BCUT2D eigenvalue weighted by Crippen LogP contribution is 2.32. The zero-order valence-corrected chi connectivity index (χ0v) is 10.2. The van der Waals surface area contributed by atoms with E-state index in [1.54, 1.807) is 12.2 Å². The van der Waals surface area contributed by atoms with Crippen LogP contribution in [0, 0.1) is 11.8 Å². The molecule has 2 rings (SSSR count). The van der Waals surface area contributed by atoms with Gasteiger partial charge in [0.25, 0.3) is 0 Å². The van der Waals surface area contributed by atoms with E-state index in [0.29, 0.717) is 12.0 Å². The summed E-state index contributed by atoms with van der Waals surface area (Å²) in [6, 6.07) is 9.31. The predicted molar refractivity (Wildman–Crippen MR) is 70.4 cm³/mol. The molecule has 2 N–H and O–H groups in total. The molecule has 1 aromatic carbocycles. The third-order valence-electron chi connectivity index (χ3n) is 3.16. The highest BCUT2D eigenvalue weighted by molar-refractivity contribution is 5.86. The molecule has 0 saturated heterocycles. The van der Waals surface area contributed by atoms with Crippen molar-refractivity contribution in [1.82, 2.24) is 0 Å². The lowest BCUT2D eigenvalue weighted by Gasteiger charge is -2.24. The number of rotatable bonds is 3. The van der Waals surface area contributed by atoms with Crippen LogP contribution < -0.4 is 0 Å². The van der Waals surface area contributed by atoms with Crippen LogP contribution in [0.1, 0.15) is 12.0 Å². The van der Waals surface area contributed by atoms with Crippen LogP contribution in [0.25, 0.3) is 6.08 Å². The molecule has 19 heavy (non-hydrogen) atoms. The fraction of sp³-hybridized carbons (Fsp3) is 0.200. The summed E-state index contributed by atoms with van der Waals surface area (Å²) < 4.78 is 0. The Labute approximate surface area is 110 Å². The lowest BCUT2D eigenvalue weighted by molar-refractivity contribution is -0.150. The molecule has 4 heteroatoms. The summed E-state index contributed by atoms with van der Waals surface area (Å²) in [5.41, 5.74) is 1.50. The molecule has 0 saturated carbocycles. The number of hydrogen-bond acceptors (Lipinski definition) is 2. The van der Waals surface area contributed by atoms with Crippen LogP contribution in [0.5, 0.6) is 0 Å². The van der Waals surface area contributed by atoms with E-state index in [1.165, 1.54) is 6.08 Å². The van der Waals surface area contributed by atoms with Gasteiger partial charge in [0, 0.05) is 0 Å². The standard InChI is InChI=1S/C15H14O4/c16-14(17)12-8-4-7-11(13(12)15(18)19)9-10-5-2-1-3-6-10/h1-6,8-9,12-13H,7H2,(H,16,17)(H,18,19). The number of aliphatic carboxylic acids is 2. The zero-order chi connectivity index (χ0) is 13.8. The minimum Gasteiger partial charge on any atom is -0.481 e. The van der Waals surface area contributed by atoms with Gasteiger partial charge in [-0.2, -0.15) is 0 Å². The van der Waals surface area contributed by atoms with Gasteiger partial charge in [0.05, 0.1) is 11.8 Å². The minimum absolute atomic E-state index is 0.468. The van der Waals surface area contributed by atoms with Gasteiger partial charge in [0.1, 0.15) is 0 Å². The van der Waals surface area contributed by atoms with Gasteiger partial charge in [-0.05, 0) is 12.0 Å². The summed E-state index contributed by atoms with van der Waals surface area (Å²) in [6.45, 7) is 0. The van der Waals surface area contributed by atoms with E-state index in [-0.39, 0.29) is 0 Å². The summed E-state index contributed by atoms with van der Waals surface area (Å²) in [6.07, 6.45) is 5.41. The number of carboxylic acid groups (broad SMARTS) is 2. The second kappa shape index (κ2) is 5.52. The van der Waals surface area contributed by atoms with Gasteiger partial charge in [-0.1, -0.05) is 54.1 Å². The van der Waals surface area contributed by atoms with E-state index in [1.807, 2.05) is 30.3 Å². The summed E-state index contributed by atoms with van der Waals surface area (Å²) >= 11 is 0. The molecule has 2 unspecified atom stereocenters. The second-order valence-corrected chi connectivity index (χ2v) is 4.44. The van der Waals surface area contributed by atoms with E-state index >= 15 is 0 Å². The van der Waals surface area contributed by atoms with Crippen molar-refractivity contribution >= 4 is 18.0 Å². The van der Waals surface area contributed by atoms with Crippen molar-refractivity contribution in [3.05, 3.63) is 53.6 Å². The van der Waals surface area contributed by atoms with Gasteiger partial charge in [0.2, 0.25) is 0 Å². The first-order chi connectivity index (χ1) is 9.09. The van der Waals surface area contributed by atoms with Crippen molar-refractivity contribution in [2.45, 2.75) is 6.42 Å². The number of benzene rings is 1. The third-order valence-corrected chi connectivity index (χ3v) is 3.16. The Bertz CT molecular complexity index is 543. The van der Waals surface area contributed by atoms with Crippen molar-refractivity contribution in [3.8, 4) is 0 Å². The van der Waals surface area contributed by atoms with Crippen LogP contribution >= 0.6 is 0 Å². The molecule has 0 spiro atoms. The topological polar surface area (TPSA) is 74.6 Å². The molecule has 0 heterocycles.